The van der Waals surface area contributed by atoms with Crippen molar-refractivity contribution in [2.75, 3.05) is 13.1 Å². The average Bonchev–Trinajstić information content (AvgIpc) is 3.56. The van der Waals surface area contributed by atoms with Gasteiger partial charge < -0.3 is 10.2 Å². The molecule has 1 aliphatic heterocycles. The van der Waals surface area contributed by atoms with Crippen LogP contribution in [0, 0.1) is 5.92 Å². The third-order valence-electron chi connectivity index (χ3n) is 6.14. The molecule has 1 saturated carbocycles. The minimum Gasteiger partial charge on any atom is -0.356 e. The number of amides is 2. The quantitative estimate of drug-likeness (QED) is 0.695. The molecule has 1 N–H and O–H groups in total. The topological polar surface area (TPSA) is 49.4 Å². The molecule has 2 atom stereocenters. The van der Waals surface area contributed by atoms with E-state index in [0.717, 1.165) is 30.7 Å². The molecule has 2 aromatic rings. The molecule has 2 aromatic carbocycles. The minimum atomic E-state index is -4.35. The van der Waals surface area contributed by atoms with Crippen molar-refractivity contribution in [3.8, 4) is 0 Å². The maximum absolute atomic E-state index is 12.7. The summed E-state index contributed by atoms with van der Waals surface area (Å²) in [5.74, 6) is -0.231. The maximum atomic E-state index is 12.7. The number of hydrogen-bond acceptors (Lipinski definition) is 2. The smallest absolute Gasteiger partial charge is 0.356 e. The van der Waals surface area contributed by atoms with Gasteiger partial charge in [-0.25, -0.2) is 0 Å². The Labute approximate surface area is 179 Å². The summed E-state index contributed by atoms with van der Waals surface area (Å²) < 4.78 is 38.0. The molecular weight excluding hydrogens is 405 g/mol. The van der Waals surface area contributed by atoms with Crippen molar-refractivity contribution in [2.45, 2.75) is 44.3 Å². The van der Waals surface area contributed by atoms with Crippen LogP contribution in [0.1, 0.15) is 47.4 Å². The molecule has 7 heteroatoms. The fourth-order valence-electron chi connectivity index (χ4n) is 4.22. The van der Waals surface area contributed by atoms with E-state index in [-0.39, 0.29) is 23.7 Å². The van der Waals surface area contributed by atoms with Crippen molar-refractivity contribution >= 4 is 11.8 Å². The number of nitrogens with one attached hydrogen (secondary N) is 1. The van der Waals surface area contributed by atoms with Crippen LogP contribution in [0.3, 0.4) is 0 Å². The minimum absolute atomic E-state index is 0.0302. The Morgan fingerprint density at radius 3 is 2.45 bits per heavy atom. The number of fused-ring (bicyclic) bond motifs is 1. The number of rotatable bonds is 6. The highest BCUT2D eigenvalue weighted by molar-refractivity contribution is 5.83. The molecule has 1 heterocycles. The van der Waals surface area contributed by atoms with E-state index in [0.29, 0.717) is 32.4 Å². The van der Waals surface area contributed by atoms with Crippen LogP contribution in [0.4, 0.5) is 13.2 Å². The molecule has 2 amide bonds. The maximum Gasteiger partial charge on any atom is 0.416 e. The normalized spacial score (nSPS) is 20.2. The van der Waals surface area contributed by atoms with Crippen LogP contribution in [0.15, 0.2) is 48.5 Å². The van der Waals surface area contributed by atoms with Gasteiger partial charge in [-0.05, 0) is 54.0 Å². The highest BCUT2D eigenvalue weighted by Gasteiger charge is 2.44. The summed E-state index contributed by atoms with van der Waals surface area (Å²) in [6.45, 7) is 1.78. The Morgan fingerprint density at radius 1 is 1.03 bits per heavy atom. The molecule has 1 fully saturated rings. The van der Waals surface area contributed by atoms with E-state index in [1.807, 2.05) is 17.0 Å². The average molecular weight is 430 g/mol. The lowest BCUT2D eigenvalue weighted by atomic mass is 9.99. The van der Waals surface area contributed by atoms with Crippen LogP contribution in [0.25, 0.3) is 0 Å². The lowest BCUT2D eigenvalue weighted by Crippen LogP contribution is -2.36. The Bertz CT molecular complexity index is 956. The van der Waals surface area contributed by atoms with Crippen molar-refractivity contribution in [3.05, 3.63) is 70.8 Å². The fourth-order valence-corrected chi connectivity index (χ4v) is 4.22. The third-order valence-corrected chi connectivity index (χ3v) is 6.14. The van der Waals surface area contributed by atoms with E-state index in [1.54, 1.807) is 0 Å². The zero-order chi connectivity index (χ0) is 22.0. The predicted octanol–water partition coefficient (Wildman–Crippen LogP) is 4.29. The molecule has 0 radical (unpaired) electrons. The van der Waals surface area contributed by atoms with Gasteiger partial charge in [0.2, 0.25) is 11.8 Å². The van der Waals surface area contributed by atoms with Crippen LogP contribution in [-0.2, 0) is 28.7 Å². The lowest BCUT2D eigenvalue weighted by Gasteiger charge is -2.29. The van der Waals surface area contributed by atoms with Gasteiger partial charge in [-0.1, -0.05) is 36.4 Å². The van der Waals surface area contributed by atoms with Crippen LogP contribution in [0.5, 0.6) is 0 Å². The standard InChI is InChI=1S/C24H25F3N2O2/c25-24(26,27)19-9-7-17(8-10-19)20-14-21(20)23(31)28-12-3-6-22(30)29-13-11-16-4-1-2-5-18(16)15-29/h1-2,4-5,7-10,20-21H,3,6,11-15H2,(H,28,31). The number of alkyl halides is 3. The van der Waals surface area contributed by atoms with Gasteiger partial charge in [-0.3, -0.25) is 9.59 Å². The van der Waals surface area contributed by atoms with Gasteiger partial charge in [0, 0.05) is 32.0 Å². The van der Waals surface area contributed by atoms with Gasteiger partial charge in [0.15, 0.2) is 0 Å². The van der Waals surface area contributed by atoms with Gasteiger partial charge in [-0.2, -0.15) is 13.2 Å². The first-order valence-electron chi connectivity index (χ1n) is 10.6. The second-order valence-electron chi connectivity index (χ2n) is 8.30. The highest BCUT2D eigenvalue weighted by Crippen LogP contribution is 2.48. The SMILES string of the molecule is O=C(NCCCC(=O)N1CCc2ccccc2C1)C1CC1c1ccc(C(F)(F)F)cc1. The molecule has 31 heavy (non-hydrogen) atoms. The van der Waals surface area contributed by atoms with Crippen molar-refractivity contribution in [2.24, 2.45) is 5.92 Å². The third kappa shape index (κ3) is 5.09. The van der Waals surface area contributed by atoms with E-state index in [2.05, 4.69) is 17.4 Å². The van der Waals surface area contributed by atoms with Crippen LogP contribution in [0.2, 0.25) is 0 Å². The van der Waals surface area contributed by atoms with Gasteiger partial charge in [0.05, 0.1) is 5.56 Å². The van der Waals surface area contributed by atoms with Gasteiger partial charge in [-0.15, -0.1) is 0 Å². The van der Waals surface area contributed by atoms with Crippen LogP contribution < -0.4 is 5.32 Å². The summed E-state index contributed by atoms with van der Waals surface area (Å²) in [4.78, 5) is 26.6. The second kappa shape index (κ2) is 8.73. The first kappa shape index (κ1) is 21.4. The molecule has 0 saturated heterocycles. The van der Waals surface area contributed by atoms with E-state index in [4.69, 9.17) is 0 Å². The largest absolute Gasteiger partial charge is 0.416 e. The number of carbonyl (C=O) groups excluding carboxylic acids is 2. The fraction of sp³-hybridized carbons (Fsp3) is 0.417. The lowest BCUT2D eigenvalue weighted by molar-refractivity contribution is -0.137. The number of hydrogen-bond donors (Lipinski definition) is 1. The summed E-state index contributed by atoms with van der Waals surface area (Å²) >= 11 is 0. The molecule has 0 spiro atoms. The Hall–Kier alpha value is -2.83. The monoisotopic (exact) mass is 430 g/mol. The summed E-state index contributed by atoms with van der Waals surface area (Å²) in [6.07, 6.45) is -1.89. The van der Waals surface area contributed by atoms with Crippen molar-refractivity contribution in [1.82, 2.24) is 10.2 Å². The molecule has 0 aromatic heterocycles. The predicted molar refractivity (Wildman–Crippen MR) is 110 cm³/mol. The zero-order valence-electron chi connectivity index (χ0n) is 17.1. The van der Waals surface area contributed by atoms with Crippen LogP contribution in [-0.4, -0.2) is 29.8 Å². The summed E-state index contributed by atoms with van der Waals surface area (Å²) in [7, 11) is 0. The molecular formula is C24H25F3N2O2. The zero-order valence-corrected chi connectivity index (χ0v) is 17.1. The molecule has 1 aliphatic carbocycles. The van der Waals surface area contributed by atoms with Crippen molar-refractivity contribution in [1.29, 1.82) is 0 Å². The molecule has 0 bridgehead atoms. The number of benzene rings is 2. The Morgan fingerprint density at radius 2 is 1.74 bits per heavy atom. The molecule has 4 nitrogen and oxygen atoms in total. The van der Waals surface area contributed by atoms with E-state index >= 15 is 0 Å². The first-order chi connectivity index (χ1) is 14.8. The number of carbonyl (C=O) groups is 2. The molecule has 2 aliphatic rings. The van der Waals surface area contributed by atoms with Gasteiger partial charge in [0.25, 0.3) is 0 Å². The highest BCUT2D eigenvalue weighted by atomic mass is 19.4. The van der Waals surface area contributed by atoms with Crippen molar-refractivity contribution < 1.29 is 22.8 Å². The van der Waals surface area contributed by atoms with E-state index in [9.17, 15) is 22.8 Å². The Kier molecular flexibility index (Phi) is 6.03. The van der Waals surface area contributed by atoms with E-state index < -0.39 is 11.7 Å². The molecule has 4 rings (SSSR count). The van der Waals surface area contributed by atoms with E-state index in [1.165, 1.54) is 23.3 Å². The number of halogens is 3. The second-order valence-corrected chi connectivity index (χ2v) is 8.30. The number of nitrogens with zero attached hydrogens (tertiary/aromatic N) is 1. The first-order valence-corrected chi connectivity index (χ1v) is 10.6. The Balaban J connectivity index is 1.17. The van der Waals surface area contributed by atoms with Crippen LogP contribution >= 0.6 is 0 Å². The van der Waals surface area contributed by atoms with Gasteiger partial charge >= 0.3 is 6.18 Å². The summed E-state index contributed by atoms with van der Waals surface area (Å²) in [5.41, 5.74) is 2.57. The summed E-state index contributed by atoms with van der Waals surface area (Å²) in [5, 5.41) is 2.86. The molecule has 164 valence electrons. The van der Waals surface area contributed by atoms with Crippen molar-refractivity contribution in [3.63, 3.8) is 0 Å². The van der Waals surface area contributed by atoms with Gasteiger partial charge in [0.1, 0.15) is 0 Å². The molecule has 2 unspecified atom stereocenters. The summed E-state index contributed by atoms with van der Waals surface area (Å²) in [6, 6.07) is 13.2.